The number of benzene rings is 2. The first kappa shape index (κ1) is 25.1. The minimum atomic E-state index is -3.89. The van der Waals surface area contributed by atoms with Crippen LogP contribution in [0, 0.1) is 0 Å². The summed E-state index contributed by atoms with van der Waals surface area (Å²) in [6.07, 6.45) is 0.0233. The van der Waals surface area contributed by atoms with E-state index in [1.54, 1.807) is 29.5 Å². The Morgan fingerprint density at radius 3 is 2.40 bits per heavy atom. The third kappa shape index (κ3) is 6.56. The Bertz CT molecular complexity index is 1350. The molecule has 0 aliphatic carbocycles. The number of hydrogen-bond donors (Lipinski definition) is 1. The fourth-order valence-electron chi connectivity index (χ4n) is 3.51. The lowest BCUT2D eigenvalue weighted by molar-refractivity contribution is -0.119. The lowest BCUT2D eigenvalue weighted by Crippen LogP contribution is -2.34. The minimum absolute atomic E-state index is 0.0233. The molecule has 1 amide bonds. The number of hydrogen-bond acceptors (Lipinski definition) is 7. The van der Waals surface area contributed by atoms with E-state index in [9.17, 15) is 13.2 Å². The maximum atomic E-state index is 12.6. The Balaban J connectivity index is 1.47. The highest BCUT2D eigenvalue weighted by molar-refractivity contribution is 7.90. The Morgan fingerprint density at radius 1 is 1.00 bits per heavy atom. The van der Waals surface area contributed by atoms with Gasteiger partial charge < -0.3 is 4.90 Å². The number of sulfonamides is 1. The largest absolute Gasteiger partial charge is 0.342 e. The van der Waals surface area contributed by atoms with Gasteiger partial charge in [-0.1, -0.05) is 62.4 Å². The number of amides is 1. The predicted molar refractivity (Wildman–Crippen MR) is 143 cm³/mol. The van der Waals surface area contributed by atoms with Crippen molar-refractivity contribution in [2.24, 2.45) is 0 Å². The highest BCUT2D eigenvalue weighted by atomic mass is 32.2. The van der Waals surface area contributed by atoms with Crippen LogP contribution in [-0.4, -0.2) is 25.9 Å². The van der Waals surface area contributed by atoms with Crippen molar-refractivity contribution in [3.8, 4) is 11.3 Å². The van der Waals surface area contributed by atoms with Gasteiger partial charge in [0, 0.05) is 28.8 Å². The van der Waals surface area contributed by atoms with E-state index in [0.29, 0.717) is 19.0 Å². The summed E-state index contributed by atoms with van der Waals surface area (Å²) in [5.74, 6) is -0.0840. The average molecular weight is 526 g/mol. The standard InChI is InChI=1S/C26H27N3O3S3/c1-19(2)20-10-12-21(13-11-20)24-18-34-26(27-24)29(17-22-7-6-16-33-22)15-14-25(30)28-35(31,32)23-8-4-3-5-9-23/h3-13,16,18-19H,14-15,17H2,1-2H3,(H,28,30). The first-order valence-electron chi connectivity index (χ1n) is 11.3. The summed E-state index contributed by atoms with van der Waals surface area (Å²) in [4.78, 5) is 20.6. The minimum Gasteiger partial charge on any atom is -0.342 e. The van der Waals surface area contributed by atoms with Crippen molar-refractivity contribution in [1.29, 1.82) is 0 Å². The van der Waals surface area contributed by atoms with E-state index in [0.717, 1.165) is 21.3 Å². The number of carbonyl (C=O) groups excluding carboxylic acids is 1. The van der Waals surface area contributed by atoms with Gasteiger partial charge in [-0.2, -0.15) is 0 Å². The molecule has 35 heavy (non-hydrogen) atoms. The van der Waals surface area contributed by atoms with Crippen LogP contribution in [0.3, 0.4) is 0 Å². The van der Waals surface area contributed by atoms with E-state index in [1.807, 2.05) is 27.8 Å². The normalized spacial score (nSPS) is 11.5. The van der Waals surface area contributed by atoms with Crippen molar-refractivity contribution in [2.75, 3.05) is 11.4 Å². The molecule has 2 aromatic carbocycles. The number of anilines is 1. The van der Waals surface area contributed by atoms with Crippen LogP contribution in [0.2, 0.25) is 0 Å². The van der Waals surface area contributed by atoms with Crippen molar-refractivity contribution >= 4 is 43.7 Å². The number of thiophene rings is 1. The highest BCUT2D eigenvalue weighted by Gasteiger charge is 2.20. The summed E-state index contributed by atoms with van der Waals surface area (Å²) in [7, 11) is -3.89. The van der Waals surface area contributed by atoms with Gasteiger partial charge in [0.25, 0.3) is 10.0 Å². The van der Waals surface area contributed by atoms with Crippen molar-refractivity contribution < 1.29 is 13.2 Å². The highest BCUT2D eigenvalue weighted by Crippen LogP contribution is 2.30. The molecule has 1 N–H and O–H groups in total. The van der Waals surface area contributed by atoms with Crippen molar-refractivity contribution in [3.05, 3.63) is 87.9 Å². The van der Waals surface area contributed by atoms with E-state index >= 15 is 0 Å². The fraction of sp³-hybridized carbons (Fsp3) is 0.231. The first-order chi connectivity index (χ1) is 16.8. The summed E-state index contributed by atoms with van der Waals surface area (Å²) in [6, 6.07) is 20.3. The predicted octanol–water partition coefficient (Wildman–Crippen LogP) is 5.90. The summed E-state index contributed by atoms with van der Waals surface area (Å²) in [6.45, 7) is 5.27. The van der Waals surface area contributed by atoms with Crippen LogP contribution in [0.25, 0.3) is 11.3 Å². The fourth-order valence-corrected chi connectivity index (χ4v) is 6.13. The molecule has 0 unspecified atom stereocenters. The van der Waals surface area contributed by atoms with E-state index in [2.05, 4.69) is 42.8 Å². The molecular formula is C26H27N3O3S3. The monoisotopic (exact) mass is 525 g/mol. The Kier molecular flexibility index (Phi) is 8.00. The quantitative estimate of drug-likeness (QED) is 0.279. The molecule has 0 saturated carbocycles. The van der Waals surface area contributed by atoms with Gasteiger partial charge >= 0.3 is 0 Å². The maximum Gasteiger partial charge on any atom is 0.264 e. The van der Waals surface area contributed by atoms with Crippen molar-refractivity contribution in [3.63, 3.8) is 0 Å². The van der Waals surface area contributed by atoms with Gasteiger partial charge in [-0.3, -0.25) is 4.79 Å². The Hall–Kier alpha value is -3.01. The van der Waals surface area contributed by atoms with E-state index in [1.165, 1.54) is 29.0 Å². The van der Waals surface area contributed by atoms with Gasteiger partial charge in [0.2, 0.25) is 5.91 Å². The third-order valence-electron chi connectivity index (χ3n) is 5.47. The average Bonchev–Trinajstić information content (AvgIpc) is 3.54. The van der Waals surface area contributed by atoms with Crippen LogP contribution in [0.1, 0.15) is 36.6 Å². The lowest BCUT2D eigenvalue weighted by Gasteiger charge is -2.21. The Morgan fingerprint density at radius 2 is 1.74 bits per heavy atom. The van der Waals surface area contributed by atoms with Crippen LogP contribution in [0.5, 0.6) is 0 Å². The zero-order valence-corrected chi connectivity index (χ0v) is 22.0. The topological polar surface area (TPSA) is 79.4 Å². The second-order valence-corrected chi connectivity index (χ2v) is 11.9. The van der Waals surface area contributed by atoms with Crippen LogP contribution in [0.4, 0.5) is 5.13 Å². The van der Waals surface area contributed by atoms with Gasteiger partial charge in [-0.25, -0.2) is 18.1 Å². The summed E-state index contributed by atoms with van der Waals surface area (Å²) in [5.41, 5.74) is 3.20. The smallest absolute Gasteiger partial charge is 0.264 e. The van der Waals surface area contributed by atoms with Crippen LogP contribution < -0.4 is 9.62 Å². The molecule has 0 aliphatic heterocycles. The van der Waals surface area contributed by atoms with Crippen molar-refractivity contribution in [2.45, 2.75) is 37.6 Å². The molecule has 0 bridgehead atoms. The van der Waals surface area contributed by atoms with E-state index in [-0.39, 0.29) is 11.3 Å². The number of nitrogens with zero attached hydrogens (tertiary/aromatic N) is 2. The van der Waals surface area contributed by atoms with E-state index < -0.39 is 15.9 Å². The molecule has 4 aromatic rings. The zero-order chi connectivity index (χ0) is 24.8. The van der Waals surface area contributed by atoms with Crippen LogP contribution in [0.15, 0.2) is 82.4 Å². The van der Waals surface area contributed by atoms with Crippen LogP contribution in [-0.2, 0) is 21.4 Å². The molecule has 0 atom stereocenters. The van der Waals surface area contributed by atoms with Gasteiger partial charge in [-0.15, -0.1) is 22.7 Å². The van der Waals surface area contributed by atoms with Crippen LogP contribution >= 0.6 is 22.7 Å². The SMILES string of the molecule is CC(C)c1ccc(-c2csc(N(CCC(=O)NS(=O)(=O)c3ccccc3)Cc3cccs3)n2)cc1. The number of rotatable bonds is 10. The summed E-state index contributed by atoms with van der Waals surface area (Å²) < 4.78 is 27.1. The number of aromatic nitrogens is 1. The molecule has 6 nitrogen and oxygen atoms in total. The third-order valence-corrected chi connectivity index (χ3v) is 8.62. The molecule has 2 aromatic heterocycles. The van der Waals surface area contributed by atoms with Crippen molar-refractivity contribution in [1.82, 2.24) is 9.71 Å². The molecule has 182 valence electrons. The van der Waals surface area contributed by atoms with Gasteiger partial charge in [0.15, 0.2) is 5.13 Å². The molecule has 4 rings (SSSR count). The second-order valence-electron chi connectivity index (χ2n) is 8.38. The molecule has 2 heterocycles. The molecule has 0 saturated heterocycles. The Labute approximate surface area is 214 Å². The second kappa shape index (κ2) is 11.2. The number of nitrogens with one attached hydrogen (secondary N) is 1. The summed E-state index contributed by atoms with van der Waals surface area (Å²) in [5, 5.41) is 4.82. The van der Waals surface area contributed by atoms with Gasteiger partial charge in [-0.05, 0) is 35.1 Å². The number of carbonyl (C=O) groups is 1. The van der Waals surface area contributed by atoms with E-state index in [4.69, 9.17) is 4.98 Å². The van der Waals surface area contributed by atoms with Gasteiger partial charge in [0.05, 0.1) is 17.1 Å². The molecule has 0 spiro atoms. The lowest BCUT2D eigenvalue weighted by atomic mass is 10.0. The maximum absolute atomic E-state index is 12.6. The molecule has 0 radical (unpaired) electrons. The molecule has 9 heteroatoms. The summed E-state index contributed by atoms with van der Waals surface area (Å²) >= 11 is 3.15. The molecule has 0 aliphatic rings. The molecular weight excluding hydrogens is 499 g/mol. The number of thiazole rings is 1. The first-order valence-corrected chi connectivity index (χ1v) is 14.5. The zero-order valence-electron chi connectivity index (χ0n) is 19.5. The van der Waals surface area contributed by atoms with Gasteiger partial charge in [0.1, 0.15) is 0 Å². The molecule has 0 fully saturated rings.